The summed E-state index contributed by atoms with van der Waals surface area (Å²) < 4.78 is 10.6. The average Bonchev–Trinajstić information content (AvgIpc) is 2.56. The third-order valence-corrected chi connectivity index (χ3v) is 3.64. The Labute approximate surface area is 126 Å². The van der Waals surface area contributed by atoms with E-state index in [2.05, 4.69) is 22.4 Å². The molecule has 0 saturated heterocycles. The molecule has 21 heavy (non-hydrogen) atoms. The molecule has 0 aliphatic heterocycles. The molecule has 4 nitrogen and oxygen atoms in total. The number of aromatic nitrogens is 1. The molecule has 2 aromatic rings. The van der Waals surface area contributed by atoms with Crippen LogP contribution in [0.15, 0.2) is 42.7 Å². The van der Waals surface area contributed by atoms with Gasteiger partial charge < -0.3 is 14.8 Å². The van der Waals surface area contributed by atoms with Gasteiger partial charge >= 0.3 is 0 Å². The van der Waals surface area contributed by atoms with E-state index in [0.29, 0.717) is 0 Å². The van der Waals surface area contributed by atoms with Crippen molar-refractivity contribution in [1.82, 2.24) is 10.3 Å². The molecule has 112 valence electrons. The summed E-state index contributed by atoms with van der Waals surface area (Å²) in [5, 5.41) is 3.35. The summed E-state index contributed by atoms with van der Waals surface area (Å²) in [6.45, 7) is 0. The van der Waals surface area contributed by atoms with E-state index in [9.17, 15) is 0 Å². The van der Waals surface area contributed by atoms with Gasteiger partial charge in [-0.25, -0.2) is 0 Å². The Kier molecular flexibility index (Phi) is 5.58. The lowest BCUT2D eigenvalue weighted by atomic mass is 9.99. The van der Waals surface area contributed by atoms with Gasteiger partial charge in [0.25, 0.3) is 0 Å². The molecule has 0 bridgehead atoms. The SMILES string of the molecule is CNC(CCc1ccc(OC)cc1)c1ccncc1OC. The van der Waals surface area contributed by atoms with E-state index in [1.165, 1.54) is 5.56 Å². The minimum absolute atomic E-state index is 0.241. The molecule has 0 saturated carbocycles. The van der Waals surface area contributed by atoms with Gasteiger partial charge in [0.15, 0.2) is 0 Å². The van der Waals surface area contributed by atoms with E-state index >= 15 is 0 Å². The number of rotatable bonds is 7. The number of aryl methyl sites for hydroxylation is 1. The van der Waals surface area contributed by atoms with Gasteiger partial charge in [0.05, 0.1) is 20.4 Å². The normalized spacial score (nSPS) is 12.0. The van der Waals surface area contributed by atoms with Crippen LogP contribution in [-0.4, -0.2) is 26.3 Å². The summed E-state index contributed by atoms with van der Waals surface area (Å²) in [6.07, 6.45) is 5.53. The largest absolute Gasteiger partial charge is 0.497 e. The van der Waals surface area contributed by atoms with Crippen molar-refractivity contribution in [3.63, 3.8) is 0 Å². The quantitative estimate of drug-likeness (QED) is 0.849. The van der Waals surface area contributed by atoms with Crippen LogP contribution >= 0.6 is 0 Å². The molecule has 0 spiro atoms. The number of benzene rings is 1. The number of nitrogens with zero attached hydrogens (tertiary/aromatic N) is 1. The summed E-state index contributed by atoms with van der Waals surface area (Å²) >= 11 is 0. The maximum atomic E-state index is 5.39. The van der Waals surface area contributed by atoms with Gasteiger partial charge in [-0.2, -0.15) is 0 Å². The molecule has 1 aromatic carbocycles. The maximum Gasteiger partial charge on any atom is 0.141 e. The molecule has 0 aliphatic rings. The van der Waals surface area contributed by atoms with Gasteiger partial charge in [-0.05, 0) is 43.7 Å². The summed E-state index contributed by atoms with van der Waals surface area (Å²) in [5.74, 6) is 1.71. The zero-order valence-electron chi connectivity index (χ0n) is 12.8. The first kappa shape index (κ1) is 15.3. The lowest BCUT2D eigenvalue weighted by molar-refractivity contribution is 0.396. The minimum atomic E-state index is 0.241. The number of hydrogen-bond donors (Lipinski definition) is 1. The standard InChI is InChI=1S/C17H22N2O2/c1-18-16(15-10-11-19-12-17(15)21-3)9-6-13-4-7-14(20-2)8-5-13/h4-5,7-8,10-12,16,18H,6,9H2,1-3H3. The highest BCUT2D eigenvalue weighted by atomic mass is 16.5. The number of methoxy groups -OCH3 is 2. The highest BCUT2D eigenvalue weighted by Crippen LogP contribution is 2.27. The Morgan fingerprint density at radius 1 is 1.10 bits per heavy atom. The average molecular weight is 286 g/mol. The van der Waals surface area contributed by atoms with E-state index in [1.54, 1.807) is 26.6 Å². The van der Waals surface area contributed by atoms with Gasteiger partial charge in [0, 0.05) is 17.8 Å². The highest BCUT2D eigenvalue weighted by molar-refractivity contribution is 5.33. The van der Waals surface area contributed by atoms with Crippen LogP contribution in [0.1, 0.15) is 23.6 Å². The van der Waals surface area contributed by atoms with Crippen molar-refractivity contribution < 1.29 is 9.47 Å². The summed E-state index contributed by atoms with van der Waals surface area (Å²) in [5.41, 5.74) is 2.44. The molecule has 0 aliphatic carbocycles. The minimum Gasteiger partial charge on any atom is -0.497 e. The zero-order valence-corrected chi connectivity index (χ0v) is 12.8. The lowest BCUT2D eigenvalue weighted by Gasteiger charge is -2.19. The van der Waals surface area contributed by atoms with Crippen LogP contribution in [-0.2, 0) is 6.42 Å². The Morgan fingerprint density at radius 3 is 2.48 bits per heavy atom. The summed E-state index contributed by atoms with van der Waals surface area (Å²) in [7, 11) is 5.33. The van der Waals surface area contributed by atoms with Crippen LogP contribution in [0.25, 0.3) is 0 Å². The first-order chi connectivity index (χ1) is 10.3. The maximum absolute atomic E-state index is 5.39. The Bertz CT molecular complexity index is 555. The first-order valence-electron chi connectivity index (χ1n) is 7.06. The van der Waals surface area contributed by atoms with E-state index in [-0.39, 0.29) is 6.04 Å². The topological polar surface area (TPSA) is 43.4 Å². The van der Waals surface area contributed by atoms with Gasteiger partial charge in [-0.3, -0.25) is 4.98 Å². The zero-order chi connectivity index (χ0) is 15.1. The first-order valence-corrected chi connectivity index (χ1v) is 7.06. The smallest absolute Gasteiger partial charge is 0.141 e. The lowest BCUT2D eigenvalue weighted by Crippen LogP contribution is -2.18. The predicted octanol–water partition coefficient (Wildman–Crippen LogP) is 2.99. The molecule has 2 rings (SSSR count). The Hall–Kier alpha value is -2.07. The van der Waals surface area contributed by atoms with Crippen molar-refractivity contribution in [2.45, 2.75) is 18.9 Å². The summed E-state index contributed by atoms with van der Waals surface area (Å²) in [6, 6.07) is 10.5. The van der Waals surface area contributed by atoms with Crippen molar-refractivity contribution in [3.8, 4) is 11.5 Å². The molecular formula is C17H22N2O2. The van der Waals surface area contributed by atoms with Crippen LogP contribution in [0, 0.1) is 0 Å². The molecule has 1 aromatic heterocycles. The molecule has 1 heterocycles. The van der Waals surface area contributed by atoms with Crippen LogP contribution in [0.2, 0.25) is 0 Å². The molecule has 0 radical (unpaired) electrons. The molecule has 0 amide bonds. The predicted molar refractivity (Wildman–Crippen MR) is 83.9 cm³/mol. The van der Waals surface area contributed by atoms with Gasteiger partial charge in [-0.15, -0.1) is 0 Å². The number of ether oxygens (including phenoxy) is 2. The molecule has 1 atom stereocenters. The van der Waals surface area contributed by atoms with E-state index in [0.717, 1.165) is 29.9 Å². The fourth-order valence-electron chi connectivity index (χ4n) is 2.41. The molecule has 1 N–H and O–H groups in total. The Balaban J connectivity index is 2.05. The van der Waals surface area contributed by atoms with Gasteiger partial charge in [0.1, 0.15) is 11.5 Å². The molecule has 0 fully saturated rings. The van der Waals surface area contributed by atoms with Crippen molar-refractivity contribution >= 4 is 0 Å². The fourth-order valence-corrected chi connectivity index (χ4v) is 2.41. The van der Waals surface area contributed by atoms with E-state index < -0.39 is 0 Å². The van der Waals surface area contributed by atoms with Gasteiger partial charge in [0.2, 0.25) is 0 Å². The van der Waals surface area contributed by atoms with Crippen LogP contribution in [0.5, 0.6) is 11.5 Å². The summed E-state index contributed by atoms with van der Waals surface area (Å²) in [4.78, 5) is 4.10. The number of hydrogen-bond acceptors (Lipinski definition) is 4. The monoisotopic (exact) mass is 286 g/mol. The molecular weight excluding hydrogens is 264 g/mol. The van der Waals surface area contributed by atoms with Crippen molar-refractivity contribution in [3.05, 3.63) is 53.9 Å². The highest BCUT2D eigenvalue weighted by Gasteiger charge is 2.14. The van der Waals surface area contributed by atoms with Crippen LogP contribution in [0.3, 0.4) is 0 Å². The number of nitrogens with one attached hydrogen (secondary N) is 1. The number of pyridine rings is 1. The third kappa shape index (κ3) is 3.95. The van der Waals surface area contributed by atoms with Crippen molar-refractivity contribution in [2.75, 3.05) is 21.3 Å². The second-order valence-electron chi connectivity index (χ2n) is 4.85. The fraction of sp³-hybridized carbons (Fsp3) is 0.353. The third-order valence-electron chi connectivity index (χ3n) is 3.64. The van der Waals surface area contributed by atoms with Crippen molar-refractivity contribution in [2.24, 2.45) is 0 Å². The molecule has 4 heteroatoms. The van der Waals surface area contributed by atoms with E-state index in [1.807, 2.05) is 25.2 Å². The van der Waals surface area contributed by atoms with Crippen LogP contribution in [0.4, 0.5) is 0 Å². The second-order valence-corrected chi connectivity index (χ2v) is 4.85. The van der Waals surface area contributed by atoms with Gasteiger partial charge in [-0.1, -0.05) is 12.1 Å². The van der Waals surface area contributed by atoms with E-state index in [4.69, 9.17) is 9.47 Å². The molecule has 1 unspecified atom stereocenters. The van der Waals surface area contributed by atoms with Crippen LogP contribution < -0.4 is 14.8 Å². The second kappa shape index (κ2) is 7.64. The van der Waals surface area contributed by atoms with Crippen molar-refractivity contribution in [1.29, 1.82) is 0 Å². The Morgan fingerprint density at radius 2 is 1.86 bits per heavy atom.